The Morgan fingerprint density at radius 2 is 1.34 bits per heavy atom. The van der Waals surface area contributed by atoms with E-state index in [0.717, 1.165) is 11.1 Å². The third kappa shape index (κ3) is 6.71. The van der Waals surface area contributed by atoms with E-state index in [9.17, 15) is 13.2 Å². The summed E-state index contributed by atoms with van der Waals surface area (Å²) in [6, 6.07) is 32.9. The lowest BCUT2D eigenvalue weighted by Crippen LogP contribution is -2.29. The van der Waals surface area contributed by atoms with Crippen LogP contribution < -0.4 is 14.4 Å². The molecule has 0 aliphatic heterocycles. The minimum atomic E-state index is -3.50. The van der Waals surface area contributed by atoms with Crippen molar-refractivity contribution in [1.82, 2.24) is 0 Å². The van der Waals surface area contributed by atoms with Crippen LogP contribution in [0.15, 0.2) is 109 Å². The quantitative estimate of drug-likeness (QED) is 0.340. The molecule has 0 saturated carbocycles. The minimum Gasteiger partial charge on any atom is -0.489 e. The number of carbonyl (C=O) groups excluding carboxylic acids is 1. The van der Waals surface area contributed by atoms with Crippen LogP contribution in [0.3, 0.4) is 0 Å². The highest BCUT2D eigenvalue weighted by molar-refractivity contribution is 7.92. The molecule has 0 aromatic heterocycles. The summed E-state index contributed by atoms with van der Waals surface area (Å²) in [5.74, 6) is 0.416. The Morgan fingerprint density at radius 1 is 0.771 bits per heavy atom. The topological polar surface area (TPSA) is 75.7 Å². The van der Waals surface area contributed by atoms with Crippen LogP contribution in [0, 0.1) is 0 Å². The highest BCUT2D eigenvalue weighted by Crippen LogP contribution is 2.22. The zero-order chi connectivity index (χ0) is 24.7. The van der Waals surface area contributed by atoms with Crippen LogP contribution in [0.5, 0.6) is 5.75 Å². The highest BCUT2D eigenvalue weighted by atomic mass is 32.2. The number of ether oxygens (including phenoxy) is 1. The fraction of sp³-hybridized carbons (Fsp3) is 0.107. The summed E-state index contributed by atoms with van der Waals surface area (Å²) in [5.41, 5.74) is 3.49. The monoisotopic (exact) mass is 486 g/mol. The Balaban J connectivity index is 1.39. The number of sulfonamides is 1. The smallest absolute Gasteiger partial charge is 0.255 e. The molecule has 1 amide bonds. The van der Waals surface area contributed by atoms with E-state index in [4.69, 9.17) is 4.74 Å². The molecule has 0 fully saturated rings. The number of carbonyl (C=O) groups is 1. The number of amides is 1. The summed E-state index contributed by atoms with van der Waals surface area (Å²) in [4.78, 5) is 12.7. The van der Waals surface area contributed by atoms with Gasteiger partial charge >= 0.3 is 0 Å². The van der Waals surface area contributed by atoms with Crippen molar-refractivity contribution in [2.24, 2.45) is 0 Å². The first-order chi connectivity index (χ1) is 16.9. The fourth-order valence-electron chi connectivity index (χ4n) is 3.51. The maximum atomic E-state index is 12.7. The maximum Gasteiger partial charge on any atom is 0.255 e. The summed E-state index contributed by atoms with van der Waals surface area (Å²) >= 11 is 0. The molecule has 0 saturated heterocycles. The molecule has 0 radical (unpaired) electrons. The van der Waals surface area contributed by atoms with Crippen LogP contribution in [0.1, 0.15) is 21.5 Å². The molecule has 0 heterocycles. The SMILES string of the molecule is CS(=O)(=O)N(Cc1ccccc1)c1ccc(C(=O)Nc2ccc(OCc3ccccc3)cc2)cc1. The van der Waals surface area contributed by atoms with Gasteiger partial charge in [-0.15, -0.1) is 0 Å². The van der Waals surface area contributed by atoms with Gasteiger partial charge in [0, 0.05) is 11.3 Å². The first-order valence-corrected chi connectivity index (χ1v) is 12.9. The number of hydrogen-bond donors (Lipinski definition) is 1. The van der Waals surface area contributed by atoms with E-state index in [0.29, 0.717) is 29.3 Å². The normalized spacial score (nSPS) is 11.0. The molecule has 0 aliphatic carbocycles. The summed E-state index contributed by atoms with van der Waals surface area (Å²) in [5, 5.41) is 2.85. The largest absolute Gasteiger partial charge is 0.489 e. The van der Waals surface area contributed by atoms with E-state index < -0.39 is 10.0 Å². The molecule has 0 unspecified atom stereocenters. The van der Waals surface area contributed by atoms with Gasteiger partial charge in [-0.2, -0.15) is 0 Å². The first-order valence-electron chi connectivity index (χ1n) is 11.1. The predicted molar refractivity (Wildman–Crippen MR) is 139 cm³/mol. The second-order valence-corrected chi connectivity index (χ2v) is 9.96. The summed E-state index contributed by atoms with van der Waals surface area (Å²) < 4.78 is 31.9. The van der Waals surface area contributed by atoms with Crippen molar-refractivity contribution < 1.29 is 17.9 Å². The standard InChI is InChI=1S/C28H26N2O4S/c1-35(32,33)30(20-22-8-4-2-5-9-22)26-16-12-24(13-17-26)28(31)29-25-14-18-27(19-15-25)34-21-23-10-6-3-7-11-23/h2-19H,20-21H2,1H3,(H,29,31). The summed E-state index contributed by atoms with van der Waals surface area (Å²) in [7, 11) is -3.50. The second kappa shape index (κ2) is 10.9. The Morgan fingerprint density at radius 3 is 1.91 bits per heavy atom. The molecule has 0 spiro atoms. The van der Waals surface area contributed by atoms with Crippen LogP contribution in [0.2, 0.25) is 0 Å². The van der Waals surface area contributed by atoms with Crippen LogP contribution in [0.4, 0.5) is 11.4 Å². The van der Waals surface area contributed by atoms with Crippen LogP contribution in [-0.2, 0) is 23.2 Å². The predicted octanol–water partition coefficient (Wildman–Crippen LogP) is 5.48. The first kappa shape index (κ1) is 24.0. The van der Waals surface area contributed by atoms with Crippen molar-refractivity contribution in [1.29, 1.82) is 0 Å². The number of anilines is 2. The number of nitrogens with one attached hydrogen (secondary N) is 1. The van der Waals surface area contributed by atoms with Gasteiger partial charge < -0.3 is 10.1 Å². The van der Waals surface area contributed by atoms with Gasteiger partial charge in [-0.1, -0.05) is 60.7 Å². The molecule has 0 atom stereocenters. The molecule has 4 aromatic carbocycles. The Labute approximate surface area is 205 Å². The molecule has 4 aromatic rings. The van der Waals surface area contributed by atoms with E-state index in [-0.39, 0.29) is 12.5 Å². The molecular formula is C28H26N2O4S. The van der Waals surface area contributed by atoms with Gasteiger partial charge in [-0.05, 0) is 59.7 Å². The average Bonchev–Trinajstić information content (AvgIpc) is 2.87. The van der Waals surface area contributed by atoms with Gasteiger partial charge in [0.25, 0.3) is 5.91 Å². The maximum absolute atomic E-state index is 12.7. The molecule has 35 heavy (non-hydrogen) atoms. The van der Waals surface area contributed by atoms with Crippen molar-refractivity contribution in [3.05, 3.63) is 126 Å². The van der Waals surface area contributed by atoms with Crippen LogP contribution in [-0.4, -0.2) is 20.6 Å². The van der Waals surface area contributed by atoms with Gasteiger partial charge in [0.15, 0.2) is 0 Å². The molecule has 178 valence electrons. The fourth-order valence-corrected chi connectivity index (χ4v) is 4.40. The van der Waals surface area contributed by atoms with Gasteiger partial charge in [0.05, 0.1) is 18.5 Å². The van der Waals surface area contributed by atoms with E-state index >= 15 is 0 Å². The summed E-state index contributed by atoms with van der Waals surface area (Å²) in [6.07, 6.45) is 1.17. The zero-order valence-corrected chi connectivity index (χ0v) is 20.1. The highest BCUT2D eigenvalue weighted by Gasteiger charge is 2.18. The van der Waals surface area contributed by atoms with Crippen LogP contribution >= 0.6 is 0 Å². The van der Waals surface area contributed by atoms with Crippen molar-refractivity contribution in [3.63, 3.8) is 0 Å². The molecule has 7 heteroatoms. The molecular weight excluding hydrogens is 460 g/mol. The van der Waals surface area contributed by atoms with Gasteiger partial charge in [0.2, 0.25) is 10.0 Å². The lowest BCUT2D eigenvalue weighted by atomic mass is 10.1. The van der Waals surface area contributed by atoms with E-state index in [1.807, 2.05) is 60.7 Å². The third-order valence-corrected chi connectivity index (χ3v) is 6.49. The number of rotatable bonds is 9. The van der Waals surface area contributed by atoms with Gasteiger partial charge in [-0.3, -0.25) is 9.10 Å². The number of nitrogens with zero attached hydrogens (tertiary/aromatic N) is 1. The summed E-state index contributed by atoms with van der Waals surface area (Å²) in [6.45, 7) is 0.678. The molecule has 4 rings (SSSR count). The van der Waals surface area contributed by atoms with Gasteiger partial charge in [0.1, 0.15) is 12.4 Å². The molecule has 0 bridgehead atoms. The van der Waals surface area contributed by atoms with E-state index in [1.165, 1.54) is 10.6 Å². The van der Waals surface area contributed by atoms with E-state index in [1.54, 1.807) is 48.5 Å². The molecule has 1 N–H and O–H groups in total. The number of benzene rings is 4. The minimum absolute atomic E-state index is 0.212. The van der Waals surface area contributed by atoms with Crippen molar-refractivity contribution >= 4 is 27.3 Å². The second-order valence-electron chi connectivity index (χ2n) is 8.05. The van der Waals surface area contributed by atoms with Crippen molar-refractivity contribution in [2.75, 3.05) is 15.9 Å². The lowest BCUT2D eigenvalue weighted by Gasteiger charge is -2.22. The molecule has 0 aliphatic rings. The third-order valence-electron chi connectivity index (χ3n) is 5.35. The van der Waals surface area contributed by atoms with Crippen molar-refractivity contribution in [2.45, 2.75) is 13.2 Å². The zero-order valence-electron chi connectivity index (χ0n) is 19.3. The molecule has 6 nitrogen and oxygen atoms in total. The van der Waals surface area contributed by atoms with Crippen LogP contribution in [0.25, 0.3) is 0 Å². The Hall–Kier alpha value is -4.10. The Kier molecular flexibility index (Phi) is 7.48. The van der Waals surface area contributed by atoms with E-state index in [2.05, 4.69) is 5.32 Å². The lowest BCUT2D eigenvalue weighted by molar-refractivity contribution is 0.102. The van der Waals surface area contributed by atoms with Gasteiger partial charge in [-0.25, -0.2) is 8.42 Å². The van der Waals surface area contributed by atoms with Crippen molar-refractivity contribution in [3.8, 4) is 5.75 Å². The number of hydrogen-bond acceptors (Lipinski definition) is 4. The Bertz CT molecular complexity index is 1360. The average molecular weight is 487 g/mol.